The van der Waals surface area contributed by atoms with Crippen LogP contribution in [0.1, 0.15) is 36.8 Å². The lowest BCUT2D eigenvalue weighted by molar-refractivity contribution is -0.121. The molecule has 4 N–H and O–H groups in total. The number of nitrogens with one attached hydrogen (secondary N) is 2. The number of anilines is 1. The van der Waals surface area contributed by atoms with E-state index in [1.165, 1.54) is 12.1 Å². The molecule has 2 aromatic rings. The fourth-order valence-corrected chi connectivity index (χ4v) is 3.95. The molecule has 2 amide bonds. The van der Waals surface area contributed by atoms with Gasteiger partial charge in [0, 0.05) is 18.2 Å². The van der Waals surface area contributed by atoms with Crippen LogP contribution >= 0.6 is 0 Å². The minimum absolute atomic E-state index is 0.0122. The minimum atomic E-state index is -3.74. The van der Waals surface area contributed by atoms with E-state index in [2.05, 4.69) is 10.6 Å². The molecule has 0 bridgehead atoms. The summed E-state index contributed by atoms with van der Waals surface area (Å²) in [4.78, 5) is 24.4. The number of carbonyl (C=O) groups excluding carboxylic acids is 2. The van der Waals surface area contributed by atoms with Gasteiger partial charge in [-0.1, -0.05) is 37.1 Å². The molecule has 8 heteroatoms. The number of hydrogen-bond acceptors (Lipinski definition) is 4. The van der Waals surface area contributed by atoms with Gasteiger partial charge in [0.25, 0.3) is 0 Å². The number of carbonyl (C=O) groups is 2. The van der Waals surface area contributed by atoms with Crippen LogP contribution in [-0.4, -0.2) is 20.2 Å². The van der Waals surface area contributed by atoms with Crippen molar-refractivity contribution in [2.75, 3.05) is 5.32 Å². The van der Waals surface area contributed by atoms with Crippen molar-refractivity contribution in [1.29, 1.82) is 0 Å². The Balaban J connectivity index is 1.51. The van der Waals surface area contributed by atoms with Crippen molar-refractivity contribution in [3.8, 4) is 0 Å². The maximum atomic E-state index is 12.3. The highest BCUT2D eigenvalue weighted by Gasteiger charge is 2.22. The van der Waals surface area contributed by atoms with E-state index in [4.69, 9.17) is 5.14 Å². The summed E-state index contributed by atoms with van der Waals surface area (Å²) in [6.07, 6.45) is 4.23. The number of amides is 2. The summed E-state index contributed by atoms with van der Waals surface area (Å²) < 4.78 is 22.5. The molecule has 1 aliphatic carbocycles. The second-order valence-corrected chi connectivity index (χ2v) is 8.87. The molecule has 0 aliphatic heterocycles. The highest BCUT2D eigenvalue weighted by molar-refractivity contribution is 7.89. The van der Waals surface area contributed by atoms with Crippen LogP contribution in [0.3, 0.4) is 0 Å². The van der Waals surface area contributed by atoms with Crippen LogP contribution in [0.25, 0.3) is 0 Å². The Morgan fingerprint density at radius 2 is 1.69 bits per heavy atom. The fraction of sp³-hybridized carbons (Fsp3) is 0.333. The molecule has 7 nitrogen and oxygen atoms in total. The van der Waals surface area contributed by atoms with Gasteiger partial charge in [0.1, 0.15) is 0 Å². The van der Waals surface area contributed by atoms with Gasteiger partial charge in [-0.2, -0.15) is 0 Å². The van der Waals surface area contributed by atoms with E-state index in [0.717, 1.165) is 36.9 Å². The highest BCUT2D eigenvalue weighted by Crippen LogP contribution is 2.26. The molecular formula is C21H25N3O4S. The first-order valence-electron chi connectivity index (χ1n) is 9.59. The first-order chi connectivity index (χ1) is 13.8. The van der Waals surface area contributed by atoms with Gasteiger partial charge < -0.3 is 10.6 Å². The quantitative estimate of drug-likeness (QED) is 0.643. The van der Waals surface area contributed by atoms with Gasteiger partial charge in [-0.3, -0.25) is 9.59 Å². The third kappa shape index (κ3) is 6.13. The summed E-state index contributed by atoms with van der Waals surface area (Å²) in [5, 5.41) is 10.9. The first-order valence-corrected chi connectivity index (χ1v) is 11.1. The average Bonchev–Trinajstić information content (AvgIpc) is 3.21. The van der Waals surface area contributed by atoms with Crippen LogP contribution in [0.4, 0.5) is 5.69 Å². The zero-order valence-corrected chi connectivity index (χ0v) is 16.9. The Morgan fingerprint density at radius 3 is 2.34 bits per heavy atom. The van der Waals surface area contributed by atoms with Crippen LogP contribution in [0.5, 0.6) is 0 Å². The summed E-state index contributed by atoms with van der Waals surface area (Å²) in [6.45, 7) is 0.335. The number of hydrogen-bond donors (Lipinski definition) is 3. The van der Waals surface area contributed by atoms with Gasteiger partial charge in [-0.05, 0) is 48.2 Å². The minimum Gasteiger partial charge on any atom is -0.352 e. The molecule has 154 valence electrons. The second kappa shape index (κ2) is 9.19. The molecular weight excluding hydrogens is 390 g/mol. The van der Waals surface area contributed by atoms with E-state index < -0.39 is 10.0 Å². The van der Waals surface area contributed by atoms with Crippen LogP contribution < -0.4 is 15.8 Å². The zero-order chi connectivity index (χ0) is 20.9. The number of benzene rings is 2. The molecule has 3 rings (SSSR count). The predicted molar refractivity (Wildman–Crippen MR) is 110 cm³/mol. The van der Waals surface area contributed by atoms with Crippen LogP contribution in [0, 0.1) is 5.92 Å². The number of nitrogens with two attached hydrogens (primary N) is 1. The van der Waals surface area contributed by atoms with Crippen molar-refractivity contribution in [3.63, 3.8) is 0 Å². The molecule has 1 fully saturated rings. The monoisotopic (exact) mass is 415 g/mol. The molecule has 0 aromatic heterocycles. The Morgan fingerprint density at radius 1 is 1.00 bits per heavy atom. The largest absolute Gasteiger partial charge is 0.352 e. The Bertz CT molecular complexity index is 981. The molecule has 0 radical (unpaired) electrons. The average molecular weight is 416 g/mol. The lowest BCUT2D eigenvalue weighted by Crippen LogP contribution is -2.25. The lowest BCUT2D eigenvalue weighted by atomic mass is 10.1. The van der Waals surface area contributed by atoms with Gasteiger partial charge in [0.05, 0.1) is 11.3 Å². The molecule has 0 unspecified atom stereocenters. The van der Waals surface area contributed by atoms with Crippen molar-refractivity contribution in [2.24, 2.45) is 11.1 Å². The van der Waals surface area contributed by atoms with E-state index in [9.17, 15) is 18.0 Å². The molecule has 1 saturated carbocycles. The van der Waals surface area contributed by atoms with Crippen molar-refractivity contribution >= 4 is 27.5 Å². The fourth-order valence-electron chi connectivity index (χ4n) is 3.44. The Kier molecular flexibility index (Phi) is 6.66. The number of rotatable bonds is 7. The van der Waals surface area contributed by atoms with Crippen LogP contribution in [-0.2, 0) is 32.6 Å². The summed E-state index contributed by atoms with van der Waals surface area (Å²) in [5.41, 5.74) is 2.30. The smallest absolute Gasteiger partial charge is 0.238 e. The zero-order valence-electron chi connectivity index (χ0n) is 16.1. The van der Waals surface area contributed by atoms with E-state index in [1.807, 2.05) is 24.3 Å². The Labute approximate surface area is 170 Å². The normalized spacial score (nSPS) is 14.5. The molecule has 0 saturated heterocycles. The van der Waals surface area contributed by atoms with Crippen LogP contribution in [0.15, 0.2) is 53.4 Å². The second-order valence-electron chi connectivity index (χ2n) is 7.31. The molecule has 0 heterocycles. The summed E-state index contributed by atoms with van der Waals surface area (Å²) in [5.74, 6) is -0.0284. The van der Waals surface area contributed by atoms with Crippen LogP contribution in [0.2, 0.25) is 0 Å². The standard InChI is InChI=1S/C21H25N3O4S/c22-29(27,28)19-10-8-15(9-11-19)13-20(25)23-14-16-4-3-7-18(12-16)24-21(26)17-5-1-2-6-17/h3-4,7-12,17H,1-2,5-6,13-14H2,(H,23,25)(H,24,26)(H2,22,27,28). The van der Waals surface area contributed by atoms with E-state index in [0.29, 0.717) is 12.1 Å². The van der Waals surface area contributed by atoms with Gasteiger partial charge >= 0.3 is 0 Å². The summed E-state index contributed by atoms with van der Waals surface area (Å²) in [7, 11) is -3.74. The molecule has 0 atom stereocenters. The Hall–Kier alpha value is -2.71. The van der Waals surface area contributed by atoms with Crippen molar-refractivity contribution in [1.82, 2.24) is 5.32 Å². The third-order valence-electron chi connectivity index (χ3n) is 5.03. The predicted octanol–water partition coefficient (Wildman–Crippen LogP) is 2.32. The summed E-state index contributed by atoms with van der Waals surface area (Å²) >= 11 is 0. The maximum Gasteiger partial charge on any atom is 0.238 e. The van der Waals surface area contributed by atoms with E-state index in [-0.39, 0.29) is 29.0 Å². The van der Waals surface area contributed by atoms with Gasteiger partial charge in [-0.25, -0.2) is 13.6 Å². The topological polar surface area (TPSA) is 118 Å². The maximum absolute atomic E-state index is 12.3. The molecule has 1 aliphatic rings. The SMILES string of the molecule is NS(=O)(=O)c1ccc(CC(=O)NCc2cccc(NC(=O)C3CCCC3)c2)cc1. The summed E-state index contributed by atoms with van der Waals surface area (Å²) in [6, 6.07) is 13.3. The molecule has 29 heavy (non-hydrogen) atoms. The lowest BCUT2D eigenvalue weighted by Gasteiger charge is -2.12. The van der Waals surface area contributed by atoms with Crippen molar-refractivity contribution in [3.05, 3.63) is 59.7 Å². The van der Waals surface area contributed by atoms with Gasteiger partial charge in [-0.15, -0.1) is 0 Å². The first kappa shape index (κ1) is 21.0. The molecule has 0 spiro atoms. The third-order valence-corrected chi connectivity index (χ3v) is 5.96. The van der Waals surface area contributed by atoms with Gasteiger partial charge in [0.15, 0.2) is 0 Å². The van der Waals surface area contributed by atoms with Crippen molar-refractivity contribution in [2.45, 2.75) is 43.5 Å². The number of sulfonamides is 1. The number of primary sulfonamides is 1. The van der Waals surface area contributed by atoms with Gasteiger partial charge in [0.2, 0.25) is 21.8 Å². The van der Waals surface area contributed by atoms with E-state index >= 15 is 0 Å². The molecule has 2 aromatic carbocycles. The van der Waals surface area contributed by atoms with Crippen molar-refractivity contribution < 1.29 is 18.0 Å². The van der Waals surface area contributed by atoms with E-state index in [1.54, 1.807) is 12.1 Å². The highest BCUT2D eigenvalue weighted by atomic mass is 32.2.